The highest BCUT2D eigenvalue weighted by molar-refractivity contribution is 5.13. The number of likely N-dealkylation sites (N-methyl/N-ethyl adjacent to an activating group) is 1. The van der Waals surface area contributed by atoms with E-state index in [1.165, 1.54) is 5.56 Å². The average molecular weight is 178 g/mol. The Morgan fingerprint density at radius 2 is 2.08 bits per heavy atom. The summed E-state index contributed by atoms with van der Waals surface area (Å²) in [6.45, 7) is 4.96. The van der Waals surface area contributed by atoms with Crippen LogP contribution >= 0.6 is 0 Å². The first-order valence-electron chi connectivity index (χ1n) is 4.65. The number of hydrogen-bond donors (Lipinski definition) is 1. The number of rotatable bonds is 5. The third-order valence-electron chi connectivity index (χ3n) is 2.06. The Balaban J connectivity index is 2.46. The Hall–Kier alpha value is -0.860. The van der Waals surface area contributed by atoms with Gasteiger partial charge in [-0.3, -0.25) is 4.90 Å². The predicted molar refractivity (Wildman–Crippen MR) is 53.3 cm³/mol. The Labute approximate surface area is 79.8 Å². The van der Waals surface area contributed by atoms with E-state index < -0.39 is 0 Å². The predicted octanol–water partition coefficient (Wildman–Crippen LogP) is 1.30. The zero-order valence-corrected chi connectivity index (χ0v) is 8.03. The van der Waals surface area contributed by atoms with Crippen molar-refractivity contribution in [1.82, 2.24) is 4.90 Å². The lowest BCUT2D eigenvalue weighted by Crippen LogP contribution is -2.25. The van der Waals surface area contributed by atoms with Gasteiger partial charge < -0.3 is 5.11 Å². The number of aliphatic hydroxyl groups excluding tert-OH is 1. The smallest absolute Gasteiger partial charge is 0.0558 e. The molecule has 2 nitrogen and oxygen atoms in total. The topological polar surface area (TPSA) is 23.5 Å². The van der Waals surface area contributed by atoms with E-state index in [0.717, 1.165) is 19.6 Å². The van der Waals surface area contributed by atoms with Crippen molar-refractivity contribution in [3.8, 4) is 0 Å². The zero-order valence-electron chi connectivity index (χ0n) is 8.03. The molecule has 1 radical (unpaired) electrons. The Morgan fingerprint density at radius 3 is 2.62 bits per heavy atom. The molecule has 0 aliphatic rings. The van der Waals surface area contributed by atoms with E-state index in [-0.39, 0.29) is 6.61 Å². The quantitative estimate of drug-likeness (QED) is 0.734. The fourth-order valence-corrected chi connectivity index (χ4v) is 1.28. The van der Waals surface area contributed by atoms with Crippen molar-refractivity contribution in [2.75, 3.05) is 19.7 Å². The SMILES string of the molecule is CCN(CCO)Cc1cc[c]cc1. The normalized spacial score (nSPS) is 10.7. The van der Waals surface area contributed by atoms with Gasteiger partial charge >= 0.3 is 0 Å². The van der Waals surface area contributed by atoms with Crippen LogP contribution in [0.4, 0.5) is 0 Å². The highest BCUT2D eigenvalue weighted by Crippen LogP contribution is 2.02. The van der Waals surface area contributed by atoms with Gasteiger partial charge in [0.05, 0.1) is 6.61 Å². The van der Waals surface area contributed by atoms with Crippen LogP contribution in [0.1, 0.15) is 12.5 Å². The van der Waals surface area contributed by atoms with E-state index in [2.05, 4.69) is 30.0 Å². The fraction of sp³-hybridized carbons (Fsp3) is 0.455. The van der Waals surface area contributed by atoms with E-state index in [0.29, 0.717) is 0 Å². The molecule has 0 fully saturated rings. The zero-order chi connectivity index (χ0) is 9.52. The summed E-state index contributed by atoms with van der Waals surface area (Å²) in [7, 11) is 0. The van der Waals surface area contributed by atoms with Gasteiger partial charge in [0.25, 0.3) is 0 Å². The van der Waals surface area contributed by atoms with Crippen LogP contribution in [0.25, 0.3) is 0 Å². The minimum absolute atomic E-state index is 0.229. The largest absolute Gasteiger partial charge is 0.395 e. The minimum Gasteiger partial charge on any atom is -0.395 e. The molecule has 0 amide bonds. The average Bonchev–Trinajstić information content (AvgIpc) is 2.19. The van der Waals surface area contributed by atoms with Crippen molar-refractivity contribution < 1.29 is 5.11 Å². The molecule has 0 unspecified atom stereocenters. The summed E-state index contributed by atoms with van der Waals surface area (Å²) in [5.74, 6) is 0. The molecule has 1 aromatic carbocycles. The van der Waals surface area contributed by atoms with Gasteiger partial charge in [0.1, 0.15) is 0 Å². The lowest BCUT2D eigenvalue weighted by molar-refractivity contribution is 0.197. The molecule has 1 aromatic rings. The number of aliphatic hydroxyl groups is 1. The monoisotopic (exact) mass is 178 g/mol. The third kappa shape index (κ3) is 3.57. The second kappa shape index (κ2) is 5.73. The molecule has 0 aromatic heterocycles. The van der Waals surface area contributed by atoms with Crippen LogP contribution in [0.15, 0.2) is 24.3 Å². The van der Waals surface area contributed by atoms with Crippen LogP contribution < -0.4 is 0 Å². The van der Waals surface area contributed by atoms with Gasteiger partial charge in [-0.05, 0) is 18.2 Å². The van der Waals surface area contributed by atoms with Gasteiger partial charge in [-0.15, -0.1) is 0 Å². The van der Waals surface area contributed by atoms with Gasteiger partial charge in [-0.2, -0.15) is 0 Å². The molecule has 1 rings (SSSR count). The number of nitrogens with zero attached hydrogens (tertiary/aromatic N) is 1. The van der Waals surface area contributed by atoms with Crippen molar-refractivity contribution in [3.05, 3.63) is 35.9 Å². The first-order valence-corrected chi connectivity index (χ1v) is 4.65. The van der Waals surface area contributed by atoms with Gasteiger partial charge in [0.15, 0.2) is 0 Å². The van der Waals surface area contributed by atoms with Crippen molar-refractivity contribution in [2.24, 2.45) is 0 Å². The van der Waals surface area contributed by atoms with Gasteiger partial charge in [-0.25, -0.2) is 0 Å². The molecular formula is C11H16NO. The minimum atomic E-state index is 0.229. The Morgan fingerprint density at radius 1 is 1.38 bits per heavy atom. The third-order valence-corrected chi connectivity index (χ3v) is 2.06. The highest BCUT2D eigenvalue weighted by Gasteiger charge is 2.01. The van der Waals surface area contributed by atoms with Crippen molar-refractivity contribution >= 4 is 0 Å². The molecule has 0 bridgehead atoms. The lowest BCUT2D eigenvalue weighted by atomic mass is 10.2. The lowest BCUT2D eigenvalue weighted by Gasteiger charge is -2.18. The van der Waals surface area contributed by atoms with Crippen molar-refractivity contribution in [1.29, 1.82) is 0 Å². The molecule has 0 spiro atoms. The maximum absolute atomic E-state index is 8.80. The van der Waals surface area contributed by atoms with Crippen molar-refractivity contribution in [2.45, 2.75) is 13.5 Å². The maximum atomic E-state index is 8.80. The summed E-state index contributed by atoms with van der Waals surface area (Å²) < 4.78 is 0. The van der Waals surface area contributed by atoms with Crippen LogP contribution in [-0.2, 0) is 6.54 Å². The molecular weight excluding hydrogens is 162 g/mol. The van der Waals surface area contributed by atoms with Crippen molar-refractivity contribution in [3.63, 3.8) is 0 Å². The molecule has 0 heterocycles. The maximum Gasteiger partial charge on any atom is 0.0558 e. The van der Waals surface area contributed by atoms with Crippen LogP contribution in [0.2, 0.25) is 0 Å². The molecule has 0 saturated heterocycles. The van der Waals surface area contributed by atoms with E-state index >= 15 is 0 Å². The Kier molecular flexibility index (Phi) is 4.50. The first-order chi connectivity index (χ1) is 6.36. The molecule has 13 heavy (non-hydrogen) atoms. The van der Waals surface area contributed by atoms with E-state index in [1.807, 2.05) is 12.1 Å². The van der Waals surface area contributed by atoms with Gasteiger partial charge in [0, 0.05) is 13.1 Å². The second-order valence-corrected chi connectivity index (χ2v) is 3.00. The van der Waals surface area contributed by atoms with E-state index in [9.17, 15) is 0 Å². The van der Waals surface area contributed by atoms with E-state index in [1.54, 1.807) is 0 Å². The molecule has 0 atom stereocenters. The summed E-state index contributed by atoms with van der Waals surface area (Å²) in [6, 6.07) is 10.9. The molecule has 0 aliphatic heterocycles. The molecule has 0 aliphatic carbocycles. The molecule has 1 N–H and O–H groups in total. The highest BCUT2D eigenvalue weighted by atomic mass is 16.3. The van der Waals surface area contributed by atoms with Crippen LogP contribution in [0.5, 0.6) is 0 Å². The second-order valence-electron chi connectivity index (χ2n) is 3.00. The van der Waals surface area contributed by atoms with E-state index in [4.69, 9.17) is 5.11 Å². The fourth-order valence-electron chi connectivity index (χ4n) is 1.28. The molecule has 2 heteroatoms. The summed E-state index contributed by atoms with van der Waals surface area (Å²) in [6.07, 6.45) is 0. The summed E-state index contributed by atoms with van der Waals surface area (Å²) in [5, 5.41) is 8.80. The van der Waals surface area contributed by atoms with Gasteiger partial charge in [-0.1, -0.05) is 31.2 Å². The Bertz CT molecular complexity index is 223. The first kappa shape index (κ1) is 10.2. The summed E-state index contributed by atoms with van der Waals surface area (Å²) >= 11 is 0. The summed E-state index contributed by atoms with van der Waals surface area (Å²) in [5.41, 5.74) is 1.27. The standard InChI is InChI=1S/C11H16NO/c1-2-12(8-9-13)10-11-6-4-3-5-7-11/h4-7,13H,2,8-10H2,1H3. The number of benzene rings is 1. The molecule has 71 valence electrons. The van der Waals surface area contributed by atoms with Crippen LogP contribution in [-0.4, -0.2) is 29.7 Å². The number of hydrogen-bond acceptors (Lipinski definition) is 2. The summed E-state index contributed by atoms with van der Waals surface area (Å²) in [4.78, 5) is 2.20. The van der Waals surface area contributed by atoms with Crippen LogP contribution in [0.3, 0.4) is 0 Å². The molecule has 0 saturated carbocycles. The van der Waals surface area contributed by atoms with Crippen LogP contribution in [0, 0.1) is 6.07 Å². The van der Waals surface area contributed by atoms with Gasteiger partial charge in [0.2, 0.25) is 0 Å².